The molecule has 0 fully saturated rings. The Morgan fingerprint density at radius 3 is 2.94 bits per heavy atom. The van der Waals surface area contributed by atoms with Crippen LogP contribution in [0.2, 0.25) is 0 Å². The smallest absolute Gasteiger partial charge is 0.331 e. The van der Waals surface area contributed by atoms with E-state index < -0.39 is 0 Å². The minimum Gasteiger partial charge on any atom is -0.493 e. The fourth-order valence-corrected chi connectivity index (χ4v) is 4.42. The van der Waals surface area contributed by atoms with Gasteiger partial charge in [0.15, 0.2) is 5.65 Å². The summed E-state index contributed by atoms with van der Waals surface area (Å²) in [6.45, 7) is 0.564. The zero-order valence-corrected chi connectivity index (χ0v) is 17.3. The number of fused-ring (bicyclic) bond motifs is 3. The molecule has 33 heavy (non-hydrogen) atoms. The molecule has 0 bridgehead atoms. The third-order valence-electron chi connectivity index (χ3n) is 5.91. The maximum atomic E-state index is 13.9. The Hall–Kier alpha value is -4.45. The first-order valence-corrected chi connectivity index (χ1v) is 10.4. The summed E-state index contributed by atoms with van der Waals surface area (Å²) >= 11 is 0. The average Bonchev–Trinajstić information content (AvgIpc) is 3.37. The molecule has 0 unspecified atom stereocenters. The first kappa shape index (κ1) is 19.3. The molecule has 0 N–H and O–H groups in total. The molecule has 162 valence electrons. The lowest BCUT2D eigenvalue weighted by molar-refractivity contribution is 0.256. The van der Waals surface area contributed by atoms with Crippen LogP contribution in [0.25, 0.3) is 28.1 Å². The summed E-state index contributed by atoms with van der Waals surface area (Å²) in [6.07, 6.45) is 9.25. The molecule has 8 nitrogen and oxygen atoms in total. The average molecular weight is 440 g/mol. The SMILES string of the molecule is C#CCn1c(=O)n([C@@H]2CCOc3ccccc32)c2nc(-n3cnc4ccc(F)cc43)ncc21. The van der Waals surface area contributed by atoms with Gasteiger partial charge in [-0.05, 0) is 18.2 Å². The van der Waals surface area contributed by atoms with Crippen molar-refractivity contribution in [3.8, 4) is 24.0 Å². The van der Waals surface area contributed by atoms with Gasteiger partial charge in [-0.25, -0.2) is 19.2 Å². The second-order valence-electron chi connectivity index (χ2n) is 7.76. The fourth-order valence-electron chi connectivity index (χ4n) is 4.42. The van der Waals surface area contributed by atoms with Gasteiger partial charge in [0.2, 0.25) is 5.95 Å². The van der Waals surface area contributed by atoms with E-state index in [-0.39, 0.29) is 30.0 Å². The number of hydrogen-bond acceptors (Lipinski definition) is 5. The summed E-state index contributed by atoms with van der Waals surface area (Å²) in [5, 5.41) is 0. The van der Waals surface area contributed by atoms with Crippen LogP contribution in [-0.4, -0.2) is 35.3 Å². The zero-order valence-electron chi connectivity index (χ0n) is 17.3. The van der Waals surface area contributed by atoms with Gasteiger partial charge >= 0.3 is 5.69 Å². The van der Waals surface area contributed by atoms with E-state index in [0.717, 1.165) is 11.3 Å². The number of nitrogens with zero attached hydrogens (tertiary/aromatic N) is 6. The Balaban J connectivity index is 1.61. The van der Waals surface area contributed by atoms with Crippen LogP contribution < -0.4 is 10.4 Å². The molecule has 0 aliphatic carbocycles. The molecule has 0 amide bonds. The van der Waals surface area contributed by atoms with Gasteiger partial charge in [0.25, 0.3) is 0 Å². The molecule has 4 heterocycles. The third kappa shape index (κ3) is 2.91. The van der Waals surface area contributed by atoms with E-state index in [4.69, 9.17) is 16.1 Å². The van der Waals surface area contributed by atoms with Crippen molar-refractivity contribution in [2.45, 2.75) is 19.0 Å². The number of para-hydroxylation sites is 1. The topological polar surface area (TPSA) is 79.8 Å². The molecule has 2 aromatic carbocycles. The van der Waals surface area contributed by atoms with Crippen LogP contribution >= 0.6 is 0 Å². The molecule has 1 atom stereocenters. The molecule has 0 saturated carbocycles. The second kappa shape index (κ2) is 7.31. The molecule has 1 aliphatic rings. The van der Waals surface area contributed by atoms with E-state index >= 15 is 0 Å². The van der Waals surface area contributed by atoms with E-state index in [1.54, 1.807) is 21.4 Å². The number of benzene rings is 2. The Morgan fingerprint density at radius 2 is 2.06 bits per heavy atom. The van der Waals surface area contributed by atoms with Crippen LogP contribution in [0.5, 0.6) is 5.75 Å². The maximum Gasteiger partial charge on any atom is 0.331 e. The van der Waals surface area contributed by atoms with Crippen molar-refractivity contribution in [3.63, 3.8) is 0 Å². The van der Waals surface area contributed by atoms with Crippen LogP contribution in [0.3, 0.4) is 0 Å². The van der Waals surface area contributed by atoms with Crippen molar-refractivity contribution in [1.29, 1.82) is 0 Å². The number of rotatable bonds is 3. The van der Waals surface area contributed by atoms with E-state index in [2.05, 4.69) is 15.9 Å². The normalized spacial score (nSPS) is 15.3. The minimum atomic E-state index is -0.388. The highest BCUT2D eigenvalue weighted by molar-refractivity contribution is 5.78. The van der Waals surface area contributed by atoms with Crippen molar-refractivity contribution in [2.75, 3.05) is 6.61 Å². The molecule has 0 radical (unpaired) electrons. The fraction of sp³-hybridized carbons (Fsp3) is 0.167. The number of ether oxygens (including phenoxy) is 1. The molecule has 0 spiro atoms. The van der Waals surface area contributed by atoms with Crippen LogP contribution in [0.4, 0.5) is 4.39 Å². The highest BCUT2D eigenvalue weighted by atomic mass is 19.1. The van der Waals surface area contributed by atoms with Gasteiger partial charge in [0.1, 0.15) is 23.4 Å². The quantitative estimate of drug-likeness (QED) is 0.403. The van der Waals surface area contributed by atoms with Crippen LogP contribution in [0, 0.1) is 18.2 Å². The Morgan fingerprint density at radius 1 is 1.18 bits per heavy atom. The van der Waals surface area contributed by atoms with E-state index in [9.17, 15) is 9.18 Å². The number of imidazole rings is 2. The lowest BCUT2D eigenvalue weighted by atomic mass is 10.0. The van der Waals surface area contributed by atoms with Crippen molar-refractivity contribution in [1.82, 2.24) is 28.7 Å². The molecular formula is C24H17FN6O2. The van der Waals surface area contributed by atoms with Crippen molar-refractivity contribution in [3.05, 3.63) is 76.9 Å². The number of halogens is 1. The van der Waals surface area contributed by atoms with Gasteiger partial charge in [-0.1, -0.05) is 24.1 Å². The Labute approximate surface area is 186 Å². The number of terminal acetylenes is 1. The highest BCUT2D eigenvalue weighted by Crippen LogP contribution is 2.35. The summed E-state index contributed by atoms with van der Waals surface area (Å²) in [4.78, 5) is 27.0. The minimum absolute atomic E-state index is 0.0924. The molecular weight excluding hydrogens is 423 g/mol. The second-order valence-corrected chi connectivity index (χ2v) is 7.76. The van der Waals surface area contributed by atoms with Crippen LogP contribution in [0.1, 0.15) is 18.0 Å². The molecule has 0 saturated heterocycles. The molecule has 1 aliphatic heterocycles. The van der Waals surface area contributed by atoms with E-state index in [1.165, 1.54) is 23.0 Å². The van der Waals surface area contributed by atoms with Gasteiger partial charge in [-0.2, -0.15) is 4.98 Å². The zero-order chi connectivity index (χ0) is 22.5. The first-order valence-electron chi connectivity index (χ1n) is 10.4. The van der Waals surface area contributed by atoms with E-state index in [0.29, 0.717) is 35.2 Å². The van der Waals surface area contributed by atoms with Crippen molar-refractivity contribution >= 4 is 22.2 Å². The van der Waals surface area contributed by atoms with Gasteiger partial charge in [-0.3, -0.25) is 13.7 Å². The first-order chi connectivity index (χ1) is 16.2. The van der Waals surface area contributed by atoms with Gasteiger partial charge in [-0.15, -0.1) is 6.42 Å². The highest BCUT2D eigenvalue weighted by Gasteiger charge is 2.28. The lowest BCUT2D eigenvalue weighted by Gasteiger charge is -2.26. The van der Waals surface area contributed by atoms with Crippen LogP contribution in [-0.2, 0) is 6.54 Å². The van der Waals surface area contributed by atoms with E-state index in [1.807, 2.05) is 24.3 Å². The lowest BCUT2D eigenvalue weighted by Crippen LogP contribution is -2.31. The van der Waals surface area contributed by atoms with Gasteiger partial charge < -0.3 is 4.74 Å². The predicted molar refractivity (Wildman–Crippen MR) is 120 cm³/mol. The number of aromatic nitrogens is 6. The molecule has 9 heteroatoms. The molecule has 3 aromatic heterocycles. The van der Waals surface area contributed by atoms with Gasteiger partial charge in [0.05, 0.1) is 36.4 Å². The van der Waals surface area contributed by atoms with Crippen molar-refractivity contribution in [2.24, 2.45) is 0 Å². The summed E-state index contributed by atoms with van der Waals surface area (Å²) in [5.74, 6) is 3.17. The molecule has 6 rings (SSSR count). The van der Waals surface area contributed by atoms with Crippen LogP contribution in [0.15, 0.2) is 59.8 Å². The number of hydrogen-bond donors (Lipinski definition) is 0. The van der Waals surface area contributed by atoms with Crippen molar-refractivity contribution < 1.29 is 9.13 Å². The predicted octanol–water partition coefficient (Wildman–Crippen LogP) is 3.08. The standard InChI is InChI=1S/C24H17FN6O2/c1-2-10-29-20-13-26-23(30-14-27-17-8-7-15(25)12-19(17)30)28-22(20)31(24(29)32)18-9-11-33-21-6-4-3-5-16(18)21/h1,3-8,12-14,18H,9-11H2/t18-/m1/s1. The van der Waals surface area contributed by atoms with Gasteiger partial charge in [0, 0.05) is 18.1 Å². The summed E-state index contributed by atoms with van der Waals surface area (Å²) in [7, 11) is 0. The summed E-state index contributed by atoms with van der Waals surface area (Å²) in [5.41, 5.74) is 2.75. The Kier molecular flexibility index (Phi) is 4.26. The summed E-state index contributed by atoms with van der Waals surface area (Å²) < 4.78 is 24.4. The monoisotopic (exact) mass is 440 g/mol. The third-order valence-corrected chi connectivity index (χ3v) is 5.91. The largest absolute Gasteiger partial charge is 0.493 e. The maximum absolute atomic E-state index is 13.9. The Bertz CT molecular complexity index is 1640. The summed E-state index contributed by atoms with van der Waals surface area (Å²) in [6, 6.07) is 11.7. The molecule has 5 aromatic rings.